The number of hydrogen-bond acceptors (Lipinski definition) is 3. The van der Waals surface area contributed by atoms with Crippen LogP contribution in [0.25, 0.3) is 11.1 Å². The zero-order chi connectivity index (χ0) is 25.8. The van der Waals surface area contributed by atoms with Gasteiger partial charge in [0.25, 0.3) is 0 Å². The molecular formula is C31H19ClF2OS2. The smallest absolute Gasteiger partial charge is 0.193 e. The summed E-state index contributed by atoms with van der Waals surface area (Å²) in [5.41, 5.74) is 2.77. The molecule has 0 aliphatic rings. The van der Waals surface area contributed by atoms with E-state index in [1.54, 1.807) is 42.5 Å². The number of benzene rings is 5. The summed E-state index contributed by atoms with van der Waals surface area (Å²) >= 11 is 9.46. The second-order valence-corrected chi connectivity index (χ2v) is 10.8. The zero-order valence-corrected chi connectivity index (χ0v) is 21.7. The van der Waals surface area contributed by atoms with E-state index < -0.39 is 0 Å². The number of rotatable bonds is 7. The molecule has 0 spiro atoms. The maximum absolute atomic E-state index is 14.1. The van der Waals surface area contributed by atoms with Crippen LogP contribution in [-0.4, -0.2) is 5.78 Å². The SMILES string of the molecule is O=C(c1ccccc1)c1ccc(Sc2ccc(-c3cc(F)ccc3Sc3ccc(F)cc3)cc2)c(Cl)c1. The fourth-order valence-electron chi connectivity index (χ4n) is 3.76. The molecule has 0 aliphatic carbocycles. The van der Waals surface area contributed by atoms with Crippen LogP contribution in [0.15, 0.2) is 135 Å². The van der Waals surface area contributed by atoms with Crippen LogP contribution < -0.4 is 0 Å². The van der Waals surface area contributed by atoms with E-state index in [0.29, 0.717) is 16.1 Å². The van der Waals surface area contributed by atoms with Crippen molar-refractivity contribution in [3.8, 4) is 11.1 Å². The molecule has 0 fully saturated rings. The van der Waals surface area contributed by atoms with E-state index in [0.717, 1.165) is 30.7 Å². The van der Waals surface area contributed by atoms with Crippen LogP contribution in [0.3, 0.4) is 0 Å². The van der Waals surface area contributed by atoms with Gasteiger partial charge in [-0.1, -0.05) is 77.6 Å². The quantitative estimate of drug-likeness (QED) is 0.190. The normalized spacial score (nSPS) is 10.9. The van der Waals surface area contributed by atoms with E-state index in [2.05, 4.69) is 0 Å². The summed E-state index contributed by atoms with van der Waals surface area (Å²) in [5, 5.41) is 0.499. The Morgan fingerprint density at radius 3 is 1.86 bits per heavy atom. The van der Waals surface area contributed by atoms with Gasteiger partial charge in [-0.25, -0.2) is 8.78 Å². The fourth-order valence-corrected chi connectivity index (χ4v) is 5.82. The summed E-state index contributed by atoms with van der Waals surface area (Å²) in [5.74, 6) is -0.698. The highest BCUT2D eigenvalue weighted by atomic mass is 35.5. The summed E-state index contributed by atoms with van der Waals surface area (Å²) in [6, 6.07) is 33.1. The molecule has 0 unspecified atom stereocenters. The monoisotopic (exact) mass is 544 g/mol. The van der Waals surface area contributed by atoms with Crippen molar-refractivity contribution in [1.29, 1.82) is 0 Å². The average molecular weight is 545 g/mol. The first-order valence-electron chi connectivity index (χ1n) is 11.4. The van der Waals surface area contributed by atoms with E-state index >= 15 is 0 Å². The summed E-state index contributed by atoms with van der Waals surface area (Å²) in [6.07, 6.45) is 0. The molecule has 0 amide bonds. The van der Waals surface area contributed by atoms with Crippen LogP contribution in [0.1, 0.15) is 15.9 Å². The van der Waals surface area contributed by atoms with Crippen LogP contribution in [-0.2, 0) is 0 Å². The van der Waals surface area contributed by atoms with E-state index in [1.165, 1.54) is 47.8 Å². The molecule has 0 atom stereocenters. The second kappa shape index (κ2) is 11.3. The van der Waals surface area contributed by atoms with Crippen LogP contribution in [0.2, 0.25) is 5.02 Å². The van der Waals surface area contributed by atoms with E-state index in [4.69, 9.17) is 11.6 Å². The number of hydrogen-bond donors (Lipinski definition) is 0. The average Bonchev–Trinajstić information content (AvgIpc) is 2.92. The van der Waals surface area contributed by atoms with Gasteiger partial charge in [0.05, 0.1) is 5.02 Å². The molecule has 5 rings (SSSR count). The zero-order valence-electron chi connectivity index (χ0n) is 19.3. The van der Waals surface area contributed by atoms with Crippen LogP contribution >= 0.6 is 35.1 Å². The largest absolute Gasteiger partial charge is 0.289 e. The standard InChI is InChI=1S/C31H19ClF2OS2/c32-28-18-22(31(35)21-4-2-1-3-5-21)8-16-30(28)37-25-12-6-20(7-13-25)27-19-24(34)11-17-29(27)36-26-14-9-23(33)10-15-26/h1-19H. The molecule has 1 nitrogen and oxygen atoms in total. The molecule has 0 aromatic heterocycles. The number of carbonyl (C=O) groups excluding carboxylic acids is 1. The maximum atomic E-state index is 14.1. The summed E-state index contributed by atoms with van der Waals surface area (Å²) in [6.45, 7) is 0. The van der Waals surface area contributed by atoms with Crippen molar-refractivity contribution >= 4 is 40.9 Å². The first kappa shape index (κ1) is 25.3. The molecule has 6 heteroatoms. The van der Waals surface area contributed by atoms with E-state index in [-0.39, 0.29) is 17.4 Å². The number of carbonyl (C=O) groups is 1. The molecule has 37 heavy (non-hydrogen) atoms. The van der Waals surface area contributed by atoms with Gasteiger partial charge in [0.15, 0.2) is 5.78 Å². The Hall–Kier alpha value is -3.38. The predicted octanol–water partition coefficient (Wildman–Crippen LogP) is 9.82. The van der Waals surface area contributed by atoms with Gasteiger partial charge in [-0.15, -0.1) is 0 Å². The topological polar surface area (TPSA) is 17.1 Å². The summed E-state index contributed by atoms with van der Waals surface area (Å²) in [7, 11) is 0. The lowest BCUT2D eigenvalue weighted by Gasteiger charge is -2.11. The van der Waals surface area contributed by atoms with Crippen molar-refractivity contribution in [2.45, 2.75) is 19.6 Å². The minimum absolute atomic E-state index is 0.0761. The van der Waals surface area contributed by atoms with Crippen molar-refractivity contribution in [2.24, 2.45) is 0 Å². The minimum Gasteiger partial charge on any atom is -0.289 e. The maximum Gasteiger partial charge on any atom is 0.193 e. The van der Waals surface area contributed by atoms with Crippen molar-refractivity contribution < 1.29 is 13.6 Å². The van der Waals surface area contributed by atoms with E-state index in [9.17, 15) is 13.6 Å². The van der Waals surface area contributed by atoms with Gasteiger partial charge in [0.2, 0.25) is 0 Å². The van der Waals surface area contributed by atoms with Crippen LogP contribution in [0.5, 0.6) is 0 Å². The highest BCUT2D eigenvalue weighted by molar-refractivity contribution is 7.99. The summed E-state index contributed by atoms with van der Waals surface area (Å²) in [4.78, 5) is 16.2. The Balaban J connectivity index is 1.35. The van der Waals surface area contributed by atoms with Crippen molar-refractivity contribution in [3.05, 3.63) is 143 Å². The van der Waals surface area contributed by atoms with Crippen molar-refractivity contribution in [2.75, 3.05) is 0 Å². The van der Waals surface area contributed by atoms with Gasteiger partial charge >= 0.3 is 0 Å². The lowest BCUT2D eigenvalue weighted by molar-refractivity contribution is 0.103. The van der Waals surface area contributed by atoms with Gasteiger partial charge in [-0.2, -0.15) is 0 Å². The lowest BCUT2D eigenvalue weighted by Crippen LogP contribution is -2.00. The molecule has 0 N–H and O–H groups in total. The third-order valence-corrected chi connectivity index (χ3v) is 8.20. The molecule has 0 bridgehead atoms. The Bertz CT molecular complexity index is 1550. The van der Waals surface area contributed by atoms with Gasteiger partial charge in [0, 0.05) is 30.7 Å². The molecule has 5 aromatic rings. The lowest BCUT2D eigenvalue weighted by atomic mass is 10.0. The highest BCUT2D eigenvalue weighted by Crippen LogP contribution is 2.39. The van der Waals surface area contributed by atoms with Gasteiger partial charge in [0.1, 0.15) is 11.6 Å². The van der Waals surface area contributed by atoms with Crippen LogP contribution in [0, 0.1) is 11.6 Å². The van der Waals surface area contributed by atoms with E-state index in [1.807, 2.05) is 48.5 Å². The Morgan fingerprint density at radius 1 is 0.595 bits per heavy atom. The molecule has 0 aliphatic heterocycles. The minimum atomic E-state index is -0.325. The third kappa shape index (κ3) is 6.13. The first-order valence-corrected chi connectivity index (χ1v) is 13.4. The molecular weight excluding hydrogens is 526 g/mol. The highest BCUT2D eigenvalue weighted by Gasteiger charge is 2.13. The first-order chi connectivity index (χ1) is 18.0. The fraction of sp³-hybridized carbons (Fsp3) is 0. The van der Waals surface area contributed by atoms with Crippen LogP contribution in [0.4, 0.5) is 8.78 Å². The molecule has 0 radical (unpaired) electrons. The number of halogens is 3. The third-order valence-electron chi connectivity index (χ3n) is 5.61. The molecule has 5 aromatic carbocycles. The predicted molar refractivity (Wildman–Crippen MR) is 148 cm³/mol. The second-order valence-electron chi connectivity index (χ2n) is 8.16. The molecule has 0 saturated carbocycles. The Labute approximate surface area is 227 Å². The molecule has 0 heterocycles. The summed E-state index contributed by atoms with van der Waals surface area (Å²) < 4.78 is 27.4. The molecule has 0 saturated heterocycles. The Morgan fingerprint density at radius 2 is 1.19 bits per heavy atom. The van der Waals surface area contributed by atoms with Crippen molar-refractivity contribution in [1.82, 2.24) is 0 Å². The van der Waals surface area contributed by atoms with Gasteiger partial charge in [-0.05, 0) is 83.9 Å². The number of ketones is 1. The molecule has 182 valence electrons. The Kier molecular flexibility index (Phi) is 7.75. The van der Waals surface area contributed by atoms with Gasteiger partial charge in [-0.3, -0.25) is 4.79 Å². The van der Waals surface area contributed by atoms with Crippen molar-refractivity contribution in [3.63, 3.8) is 0 Å². The van der Waals surface area contributed by atoms with Gasteiger partial charge < -0.3 is 0 Å².